The minimum absolute atomic E-state index is 0.184. The summed E-state index contributed by atoms with van der Waals surface area (Å²) in [5.41, 5.74) is 0.865. The molecule has 0 radical (unpaired) electrons. The van der Waals surface area contributed by atoms with Gasteiger partial charge in [0.2, 0.25) is 0 Å². The molecule has 0 heterocycles. The van der Waals surface area contributed by atoms with Gasteiger partial charge in [-0.15, -0.1) is 0 Å². The van der Waals surface area contributed by atoms with Crippen LogP contribution in [0.25, 0.3) is 0 Å². The van der Waals surface area contributed by atoms with Crippen molar-refractivity contribution in [3.05, 3.63) is 28.8 Å². The van der Waals surface area contributed by atoms with Crippen LogP contribution in [0.5, 0.6) is 5.75 Å². The Labute approximate surface area is 102 Å². The van der Waals surface area contributed by atoms with Crippen molar-refractivity contribution in [3.8, 4) is 5.75 Å². The molecule has 0 aromatic heterocycles. The van der Waals surface area contributed by atoms with Gasteiger partial charge in [0.1, 0.15) is 12.0 Å². The van der Waals surface area contributed by atoms with Crippen molar-refractivity contribution in [1.29, 1.82) is 0 Å². The Kier molecular flexibility index (Phi) is 4.36. The molecule has 1 aromatic carbocycles. The number of carbonyl (C=O) groups excluding carboxylic acids is 1. The van der Waals surface area contributed by atoms with Gasteiger partial charge in [0.05, 0.1) is 11.6 Å². The lowest BCUT2D eigenvalue weighted by Crippen LogP contribution is -2.17. The number of hydrogen-bond acceptors (Lipinski definition) is 2. The second-order valence-electron chi connectivity index (χ2n) is 4.33. The average molecular weight is 241 g/mol. The highest BCUT2D eigenvalue weighted by Crippen LogP contribution is 2.32. The maximum absolute atomic E-state index is 10.6. The third-order valence-corrected chi connectivity index (χ3v) is 2.90. The number of rotatable bonds is 5. The zero-order chi connectivity index (χ0) is 12.2. The SMILES string of the molecule is CCOc1ccc(C(C)(C)CC=O)cc1Cl. The van der Waals surface area contributed by atoms with E-state index in [0.717, 1.165) is 11.8 Å². The van der Waals surface area contributed by atoms with Crippen LogP contribution in [0.2, 0.25) is 5.02 Å². The topological polar surface area (TPSA) is 26.3 Å². The van der Waals surface area contributed by atoms with E-state index >= 15 is 0 Å². The third kappa shape index (κ3) is 2.99. The number of carbonyl (C=O) groups is 1. The average Bonchev–Trinajstić information content (AvgIpc) is 2.21. The predicted molar refractivity (Wildman–Crippen MR) is 66.3 cm³/mol. The molecule has 0 unspecified atom stereocenters. The third-order valence-electron chi connectivity index (χ3n) is 2.61. The van der Waals surface area contributed by atoms with Crippen LogP contribution in [0.4, 0.5) is 0 Å². The predicted octanol–water partition coefficient (Wildman–Crippen LogP) is 3.61. The monoisotopic (exact) mass is 240 g/mol. The maximum atomic E-state index is 10.6. The lowest BCUT2D eigenvalue weighted by molar-refractivity contribution is -0.108. The van der Waals surface area contributed by atoms with Crippen LogP contribution >= 0.6 is 11.6 Å². The highest BCUT2D eigenvalue weighted by atomic mass is 35.5. The Morgan fingerprint density at radius 1 is 1.44 bits per heavy atom. The molecule has 0 aliphatic heterocycles. The van der Waals surface area contributed by atoms with Gasteiger partial charge in [-0.1, -0.05) is 31.5 Å². The highest BCUT2D eigenvalue weighted by molar-refractivity contribution is 6.32. The van der Waals surface area contributed by atoms with Crippen LogP contribution < -0.4 is 4.74 Å². The van der Waals surface area contributed by atoms with E-state index in [2.05, 4.69) is 0 Å². The van der Waals surface area contributed by atoms with Gasteiger partial charge >= 0.3 is 0 Å². The Bertz CT molecular complexity index is 372. The smallest absolute Gasteiger partial charge is 0.137 e. The first-order valence-corrected chi connectivity index (χ1v) is 5.75. The summed E-state index contributed by atoms with van der Waals surface area (Å²) in [6, 6.07) is 5.68. The molecule has 16 heavy (non-hydrogen) atoms. The summed E-state index contributed by atoms with van der Waals surface area (Å²) in [6.07, 6.45) is 1.42. The Morgan fingerprint density at radius 2 is 2.12 bits per heavy atom. The van der Waals surface area contributed by atoms with E-state index in [1.165, 1.54) is 0 Å². The van der Waals surface area contributed by atoms with E-state index in [9.17, 15) is 4.79 Å². The summed E-state index contributed by atoms with van der Waals surface area (Å²) >= 11 is 6.10. The molecule has 1 rings (SSSR count). The van der Waals surface area contributed by atoms with Crippen molar-refractivity contribution in [3.63, 3.8) is 0 Å². The maximum Gasteiger partial charge on any atom is 0.137 e. The molecule has 1 aromatic rings. The summed E-state index contributed by atoms with van der Waals surface area (Å²) in [5, 5.41) is 0.596. The fraction of sp³-hybridized carbons (Fsp3) is 0.462. The highest BCUT2D eigenvalue weighted by Gasteiger charge is 2.21. The molecule has 0 atom stereocenters. The van der Waals surface area contributed by atoms with Crippen molar-refractivity contribution >= 4 is 17.9 Å². The zero-order valence-corrected chi connectivity index (χ0v) is 10.7. The summed E-state index contributed by atoms with van der Waals surface area (Å²) in [7, 11) is 0. The molecule has 0 spiro atoms. The van der Waals surface area contributed by atoms with Crippen molar-refractivity contribution < 1.29 is 9.53 Å². The number of hydrogen-bond donors (Lipinski definition) is 0. The molecule has 3 heteroatoms. The molecule has 0 saturated carbocycles. The second-order valence-corrected chi connectivity index (χ2v) is 4.74. The van der Waals surface area contributed by atoms with Gasteiger partial charge in [0.15, 0.2) is 0 Å². The zero-order valence-electron chi connectivity index (χ0n) is 9.92. The van der Waals surface area contributed by atoms with Crippen LogP contribution in [0.1, 0.15) is 32.8 Å². The van der Waals surface area contributed by atoms with Gasteiger partial charge in [-0.05, 0) is 30.0 Å². The molecular formula is C13H17ClO2. The quantitative estimate of drug-likeness (QED) is 0.735. The van der Waals surface area contributed by atoms with Crippen molar-refractivity contribution in [2.45, 2.75) is 32.6 Å². The van der Waals surface area contributed by atoms with Crippen LogP contribution in [0.3, 0.4) is 0 Å². The first kappa shape index (κ1) is 13.0. The van der Waals surface area contributed by atoms with E-state index in [1.807, 2.05) is 39.0 Å². The van der Waals surface area contributed by atoms with E-state index in [-0.39, 0.29) is 5.41 Å². The lowest BCUT2D eigenvalue weighted by atomic mass is 9.82. The first-order valence-electron chi connectivity index (χ1n) is 5.37. The van der Waals surface area contributed by atoms with Gasteiger partial charge in [-0.2, -0.15) is 0 Å². The number of aldehydes is 1. The molecule has 0 aliphatic carbocycles. The molecule has 0 N–H and O–H groups in total. The van der Waals surface area contributed by atoms with Crippen LogP contribution in [-0.4, -0.2) is 12.9 Å². The molecule has 0 amide bonds. The van der Waals surface area contributed by atoms with Gasteiger partial charge in [0, 0.05) is 6.42 Å². The van der Waals surface area contributed by atoms with Gasteiger partial charge in [-0.25, -0.2) is 0 Å². The summed E-state index contributed by atoms with van der Waals surface area (Å²) < 4.78 is 5.36. The van der Waals surface area contributed by atoms with Crippen molar-refractivity contribution in [1.82, 2.24) is 0 Å². The van der Waals surface area contributed by atoms with Gasteiger partial charge in [-0.3, -0.25) is 0 Å². The van der Waals surface area contributed by atoms with Crippen LogP contribution in [0, 0.1) is 0 Å². The van der Waals surface area contributed by atoms with Gasteiger partial charge < -0.3 is 9.53 Å². The van der Waals surface area contributed by atoms with Crippen LogP contribution in [-0.2, 0) is 10.2 Å². The largest absolute Gasteiger partial charge is 0.492 e. The first-order chi connectivity index (χ1) is 7.51. The standard InChI is InChI=1S/C13H17ClO2/c1-4-16-12-6-5-10(9-11(12)14)13(2,3)7-8-15/h5-6,8-9H,4,7H2,1-3H3. The lowest BCUT2D eigenvalue weighted by Gasteiger charge is -2.23. The van der Waals surface area contributed by atoms with E-state index in [4.69, 9.17) is 16.3 Å². The summed E-state index contributed by atoms with van der Waals surface area (Å²) in [5.74, 6) is 0.690. The minimum Gasteiger partial charge on any atom is -0.492 e. The molecular weight excluding hydrogens is 224 g/mol. The van der Waals surface area contributed by atoms with Gasteiger partial charge in [0.25, 0.3) is 0 Å². The molecule has 88 valence electrons. The molecule has 0 saturated heterocycles. The molecule has 0 aliphatic rings. The van der Waals surface area contributed by atoms with E-state index in [0.29, 0.717) is 23.8 Å². The molecule has 0 bridgehead atoms. The fourth-order valence-corrected chi connectivity index (χ4v) is 1.76. The molecule has 0 fully saturated rings. The Hall–Kier alpha value is -1.02. The Morgan fingerprint density at radius 3 is 2.62 bits per heavy atom. The summed E-state index contributed by atoms with van der Waals surface area (Å²) in [6.45, 7) is 6.55. The second kappa shape index (κ2) is 5.35. The molecule has 2 nitrogen and oxygen atoms in total. The Balaban J connectivity index is 3.00. The number of halogens is 1. The number of benzene rings is 1. The summed E-state index contributed by atoms with van der Waals surface area (Å²) in [4.78, 5) is 10.6. The van der Waals surface area contributed by atoms with E-state index in [1.54, 1.807) is 0 Å². The van der Waals surface area contributed by atoms with Crippen molar-refractivity contribution in [2.75, 3.05) is 6.61 Å². The number of ether oxygens (including phenoxy) is 1. The van der Waals surface area contributed by atoms with Crippen molar-refractivity contribution in [2.24, 2.45) is 0 Å². The van der Waals surface area contributed by atoms with E-state index < -0.39 is 0 Å². The fourth-order valence-electron chi connectivity index (χ4n) is 1.52. The minimum atomic E-state index is -0.184. The van der Waals surface area contributed by atoms with Crippen LogP contribution in [0.15, 0.2) is 18.2 Å². The normalized spacial score (nSPS) is 11.2.